The van der Waals surface area contributed by atoms with Crippen LogP contribution in [0.4, 0.5) is 0 Å². The van der Waals surface area contributed by atoms with Crippen molar-refractivity contribution in [2.75, 3.05) is 6.54 Å². The topological polar surface area (TPSA) is 113 Å². The van der Waals surface area contributed by atoms with Gasteiger partial charge in [0.05, 0.1) is 30.8 Å². The van der Waals surface area contributed by atoms with Crippen LogP contribution in [0.25, 0.3) is 33.1 Å². The Morgan fingerprint density at radius 2 is 1.77 bits per heavy atom. The smallest absolute Gasteiger partial charge is 0.340 e. The number of carboxylic acids is 1. The summed E-state index contributed by atoms with van der Waals surface area (Å²) in [5, 5.41) is 14.9. The number of hydrogen-bond donors (Lipinski definition) is 1. The molecular weight excluding hydrogens is 422 g/mol. The molecule has 0 fully saturated rings. The number of furan rings is 1. The van der Waals surface area contributed by atoms with Gasteiger partial charge in [0.25, 0.3) is 0 Å². The average molecular weight is 439 g/mol. The molecule has 0 aliphatic rings. The predicted molar refractivity (Wildman–Crippen MR) is 114 cm³/mol. The first-order valence-electron chi connectivity index (χ1n) is 9.46. The molecule has 31 heavy (non-hydrogen) atoms. The molecule has 2 aromatic heterocycles. The van der Waals surface area contributed by atoms with E-state index in [2.05, 4.69) is 5.32 Å². The second kappa shape index (κ2) is 7.92. The third kappa shape index (κ3) is 3.80. The zero-order valence-corrected chi connectivity index (χ0v) is 17.5. The maximum absolute atomic E-state index is 12.6. The molecule has 0 saturated carbocycles. The van der Waals surface area contributed by atoms with Gasteiger partial charge in [-0.2, -0.15) is 0 Å². The van der Waals surface area contributed by atoms with E-state index in [9.17, 15) is 19.5 Å². The Balaban J connectivity index is 1.86. The number of benzene rings is 2. The first kappa shape index (κ1) is 20.7. The summed E-state index contributed by atoms with van der Waals surface area (Å²) in [6.07, 6.45) is 1.34. The molecule has 0 radical (unpaired) electrons. The van der Waals surface area contributed by atoms with Gasteiger partial charge in [-0.25, -0.2) is 4.79 Å². The molecular formula is C23H17ClNO6-. The Morgan fingerprint density at radius 1 is 1.06 bits per heavy atom. The molecule has 2 aromatic carbocycles. The Hall–Kier alpha value is -3.58. The molecule has 1 N–H and O–H groups in total. The number of aryl methyl sites for hydroxylation is 2. The van der Waals surface area contributed by atoms with Crippen molar-refractivity contribution in [1.82, 2.24) is 5.32 Å². The highest BCUT2D eigenvalue weighted by Gasteiger charge is 2.20. The number of halogens is 1. The summed E-state index contributed by atoms with van der Waals surface area (Å²) in [4.78, 5) is 35.2. The van der Waals surface area contributed by atoms with Crippen LogP contribution in [0.2, 0.25) is 5.02 Å². The van der Waals surface area contributed by atoms with Gasteiger partial charge in [-0.3, -0.25) is 4.79 Å². The Labute approximate surface area is 181 Å². The zero-order chi connectivity index (χ0) is 22.3. The molecule has 0 saturated heterocycles. The fourth-order valence-electron chi connectivity index (χ4n) is 3.65. The summed E-state index contributed by atoms with van der Waals surface area (Å²) in [6.45, 7) is 2.90. The monoisotopic (exact) mass is 438 g/mol. The highest BCUT2D eigenvalue weighted by molar-refractivity contribution is 6.30. The number of fused-ring (bicyclic) bond motifs is 2. The first-order chi connectivity index (χ1) is 14.8. The van der Waals surface area contributed by atoms with Crippen molar-refractivity contribution >= 4 is 45.4 Å². The van der Waals surface area contributed by atoms with E-state index in [1.807, 2.05) is 18.2 Å². The lowest BCUT2D eigenvalue weighted by molar-refractivity contribution is -0.304. The van der Waals surface area contributed by atoms with Gasteiger partial charge in [0.1, 0.15) is 11.2 Å². The van der Waals surface area contributed by atoms with E-state index in [-0.39, 0.29) is 12.0 Å². The third-order valence-electron chi connectivity index (χ3n) is 5.26. The minimum Gasteiger partial charge on any atom is -0.548 e. The molecule has 0 bridgehead atoms. The summed E-state index contributed by atoms with van der Waals surface area (Å²) in [7, 11) is 0. The van der Waals surface area contributed by atoms with E-state index in [4.69, 9.17) is 20.4 Å². The summed E-state index contributed by atoms with van der Waals surface area (Å²) >= 11 is 5.99. The van der Waals surface area contributed by atoms with Gasteiger partial charge in [0, 0.05) is 26.9 Å². The van der Waals surface area contributed by atoms with Gasteiger partial charge in [-0.05, 0) is 43.2 Å². The predicted octanol–water partition coefficient (Wildman–Crippen LogP) is 2.89. The van der Waals surface area contributed by atoms with E-state index in [0.717, 1.165) is 16.5 Å². The molecule has 0 unspecified atom stereocenters. The molecule has 4 rings (SSSR count). The van der Waals surface area contributed by atoms with Crippen LogP contribution >= 0.6 is 11.6 Å². The van der Waals surface area contributed by atoms with Crippen LogP contribution in [0.5, 0.6) is 0 Å². The van der Waals surface area contributed by atoms with Crippen molar-refractivity contribution in [3.05, 3.63) is 68.7 Å². The van der Waals surface area contributed by atoms with Crippen molar-refractivity contribution in [1.29, 1.82) is 0 Å². The van der Waals surface area contributed by atoms with Crippen LogP contribution in [-0.2, 0) is 16.0 Å². The van der Waals surface area contributed by atoms with E-state index >= 15 is 0 Å². The molecule has 0 spiro atoms. The largest absolute Gasteiger partial charge is 0.548 e. The van der Waals surface area contributed by atoms with Gasteiger partial charge in [0.2, 0.25) is 5.91 Å². The Kier molecular flexibility index (Phi) is 5.29. The van der Waals surface area contributed by atoms with Crippen molar-refractivity contribution in [3.63, 3.8) is 0 Å². The van der Waals surface area contributed by atoms with Gasteiger partial charge in [-0.1, -0.05) is 23.7 Å². The number of carbonyl (C=O) groups is 2. The lowest BCUT2D eigenvalue weighted by Gasteiger charge is -2.11. The third-order valence-corrected chi connectivity index (χ3v) is 5.52. The normalized spacial score (nSPS) is 11.2. The van der Waals surface area contributed by atoms with Crippen LogP contribution in [0.1, 0.15) is 16.7 Å². The standard InChI is InChI=1S/C23H18ClNO6/c1-11-15-7-17-18(13-3-5-14(24)6-4-13)10-30-21(17)12(2)22(15)31-23(29)16(11)8-19(26)25-9-20(27)28/h3-7,10H,8-9H2,1-2H3,(H,25,26)(H,27,28)/p-1. The van der Waals surface area contributed by atoms with Gasteiger partial charge < -0.3 is 24.1 Å². The second-order valence-corrected chi connectivity index (χ2v) is 7.67. The van der Waals surface area contributed by atoms with E-state index in [1.165, 1.54) is 0 Å². The van der Waals surface area contributed by atoms with Crippen LogP contribution < -0.4 is 16.0 Å². The fourth-order valence-corrected chi connectivity index (χ4v) is 3.77. The first-order valence-corrected chi connectivity index (χ1v) is 9.83. The molecule has 0 aliphatic carbocycles. The molecule has 8 heteroatoms. The summed E-state index contributed by atoms with van der Waals surface area (Å²) in [5.41, 5.74) is 3.52. The lowest BCUT2D eigenvalue weighted by atomic mass is 9.97. The quantitative estimate of drug-likeness (QED) is 0.479. The maximum atomic E-state index is 12.6. The molecule has 1 amide bonds. The van der Waals surface area contributed by atoms with Crippen molar-refractivity contribution in [2.45, 2.75) is 20.3 Å². The number of amides is 1. The van der Waals surface area contributed by atoms with Gasteiger partial charge >= 0.3 is 5.63 Å². The number of aliphatic carboxylic acids is 1. The zero-order valence-electron chi connectivity index (χ0n) is 16.7. The van der Waals surface area contributed by atoms with Gasteiger partial charge in [-0.15, -0.1) is 0 Å². The highest BCUT2D eigenvalue weighted by Crippen LogP contribution is 2.37. The Morgan fingerprint density at radius 3 is 2.45 bits per heavy atom. The number of carbonyl (C=O) groups excluding carboxylic acids is 2. The molecule has 7 nitrogen and oxygen atoms in total. The summed E-state index contributed by atoms with van der Waals surface area (Å²) in [6, 6.07) is 9.22. The number of rotatable bonds is 5. The van der Waals surface area contributed by atoms with E-state index in [1.54, 1.807) is 32.2 Å². The number of carboxylic acid groups (broad SMARTS) is 1. The molecule has 0 aliphatic heterocycles. The van der Waals surface area contributed by atoms with Crippen molar-refractivity contribution in [2.24, 2.45) is 0 Å². The van der Waals surface area contributed by atoms with Crippen molar-refractivity contribution in [3.8, 4) is 11.1 Å². The minimum absolute atomic E-state index is 0.165. The van der Waals surface area contributed by atoms with E-state index < -0.39 is 24.0 Å². The Bertz CT molecular complexity index is 1400. The van der Waals surface area contributed by atoms with E-state index in [0.29, 0.717) is 32.7 Å². The molecule has 2 heterocycles. The number of hydrogen-bond acceptors (Lipinski definition) is 6. The summed E-state index contributed by atoms with van der Waals surface area (Å²) in [5.74, 6) is -2.02. The maximum Gasteiger partial charge on any atom is 0.340 e. The molecule has 0 atom stereocenters. The fraction of sp³-hybridized carbons (Fsp3) is 0.174. The highest BCUT2D eigenvalue weighted by atomic mass is 35.5. The lowest BCUT2D eigenvalue weighted by Crippen LogP contribution is -2.38. The molecule has 158 valence electrons. The SMILES string of the molecule is Cc1c(CC(=O)NCC(=O)[O-])c(=O)oc2c(C)c3occ(-c4ccc(Cl)cc4)c3cc12. The number of nitrogens with one attached hydrogen (secondary N) is 1. The van der Waals surface area contributed by atoms with Crippen molar-refractivity contribution < 1.29 is 23.5 Å². The van der Waals surface area contributed by atoms with Crippen LogP contribution in [0.3, 0.4) is 0 Å². The minimum atomic E-state index is -1.41. The average Bonchev–Trinajstić information content (AvgIpc) is 3.15. The van der Waals surface area contributed by atoms with Gasteiger partial charge in [0.15, 0.2) is 0 Å². The second-order valence-electron chi connectivity index (χ2n) is 7.23. The van der Waals surface area contributed by atoms with Crippen LogP contribution in [-0.4, -0.2) is 18.4 Å². The molecule has 4 aromatic rings. The summed E-state index contributed by atoms with van der Waals surface area (Å²) < 4.78 is 11.3. The van der Waals surface area contributed by atoms with Crippen LogP contribution in [0.15, 0.2) is 50.2 Å². The van der Waals surface area contributed by atoms with Crippen LogP contribution in [0, 0.1) is 13.8 Å².